The van der Waals surface area contributed by atoms with E-state index in [1.807, 2.05) is 0 Å². The van der Waals surface area contributed by atoms with Crippen LogP contribution < -0.4 is 5.32 Å². The first kappa shape index (κ1) is 14.1. The standard InChI is InChI=1S/C14H11ClF3N3/c15-11-5-9(8-1-2-8)6-13(20-11)21-12-7-10(3-4-19-12)14(16,17)18/h3-8H,1-2H2,(H,19,20,21). The summed E-state index contributed by atoms with van der Waals surface area (Å²) in [6.45, 7) is 0. The molecule has 0 unspecified atom stereocenters. The highest BCUT2D eigenvalue weighted by Gasteiger charge is 2.30. The number of alkyl halides is 3. The van der Waals surface area contributed by atoms with E-state index in [4.69, 9.17) is 11.6 Å². The largest absolute Gasteiger partial charge is 0.416 e. The summed E-state index contributed by atoms with van der Waals surface area (Å²) >= 11 is 5.94. The van der Waals surface area contributed by atoms with Crippen LogP contribution in [0.4, 0.5) is 24.8 Å². The van der Waals surface area contributed by atoms with Crippen molar-refractivity contribution in [3.05, 3.63) is 46.7 Å². The van der Waals surface area contributed by atoms with E-state index in [1.165, 1.54) is 0 Å². The van der Waals surface area contributed by atoms with E-state index >= 15 is 0 Å². The number of nitrogens with one attached hydrogen (secondary N) is 1. The van der Waals surface area contributed by atoms with Crippen molar-refractivity contribution < 1.29 is 13.2 Å². The number of nitrogens with zero attached hydrogens (tertiary/aromatic N) is 2. The van der Waals surface area contributed by atoms with E-state index in [0.717, 1.165) is 36.7 Å². The molecule has 0 bridgehead atoms. The average molecular weight is 314 g/mol. The molecular weight excluding hydrogens is 303 g/mol. The van der Waals surface area contributed by atoms with Gasteiger partial charge in [0.15, 0.2) is 0 Å². The highest BCUT2D eigenvalue weighted by atomic mass is 35.5. The van der Waals surface area contributed by atoms with Crippen LogP contribution in [0, 0.1) is 0 Å². The van der Waals surface area contributed by atoms with E-state index in [-0.39, 0.29) is 5.82 Å². The van der Waals surface area contributed by atoms with Gasteiger partial charge in [0.05, 0.1) is 5.56 Å². The summed E-state index contributed by atoms with van der Waals surface area (Å²) in [5, 5.41) is 3.09. The van der Waals surface area contributed by atoms with Crippen molar-refractivity contribution in [2.45, 2.75) is 24.9 Å². The lowest BCUT2D eigenvalue weighted by molar-refractivity contribution is -0.137. The molecule has 7 heteroatoms. The summed E-state index contributed by atoms with van der Waals surface area (Å²) in [5.74, 6) is 0.957. The van der Waals surface area contributed by atoms with Gasteiger partial charge in [0.25, 0.3) is 0 Å². The van der Waals surface area contributed by atoms with Gasteiger partial charge < -0.3 is 5.32 Å². The molecule has 21 heavy (non-hydrogen) atoms. The molecule has 1 aliphatic rings. The quantitative estimate of drug-likeness (QED) is 0.829. The van der Waals surface area contributed by atoms with Crippen LogP contribution in [0.25, 0.3) is 0 Å². The second kappa shape index (κ2) is 5.18. The number of pyridine rings is 2. The number of hydrogen-bond donors (Lipinski definition) is 1. The monoisotopic (exact) mass is 313 g/mol. The topological polar surface area (TPSA) is 37.8 Å². The van der Waals surface area contributed by atoms with Gasteiger partial charge in [0.2, 0.25) is 0 Å². The second-order valence-electron chi connectivity index (χ2n) is 4.94. The zero-order valence-electron chi connectivity index (χ0n) is 10.8. The number of hydrogen-bond acceptors (Lipinski definition) is 3. The van der Waals surface area contributed by atoms with E-state index in [2.05, 4.69) is 15.3 Å². The minimum absolute atomic E-state index is 0.0846. The first-order valence-corrected chi connectivity index (χ1v) is 6.77. The van der Waals surface area contributed by atoms with Gasteiger partial charge in [0.1, 0.15) is 16.8 Å². The molecule has 110 valence electrons. The van der Waals surface area contributed by atoms with Crippen molar-refractivity contribution in [2.24, 2.45) is 0 Å². The molecule has 2 aromatic heterocycles. The molecule has 2 heterocycles. The molecule has 0 amide bonds. The Bertz CT molecular complexity index is 669. The molecule has 1 N–H and O–H groups in total. The van der Waals surface area contributed by atoms with Crippen LogP contribution in [0.15, 0.2) is 30.5 Å². The van der Waals surface area contributed by atoms with Gasteiger partial charge in [-0.25, -0.2) is 9.97 Å². The van der Waals surface area contributed by atoms with Crippen LogP contribution in [0.3, 0.4) is 0 Å². The third-order valence-corrected chi connectivity index (χ3v) is 3.40. The normalized spacial score (nSPS) is 15.0. The molecule has 0 aliphatic heterocycles. The summed E-state index contributed by atoms with van der Waals surface area (Å²) in [7, 11) is 0. The molecular formula is C14H11ClF3N3. The molecule has 0 aromatic carbocycles. The van der Waals surface area contributed by atoms with Crippen molar-refractivity contribution >= 4 is 23.2 Å². The molecule has 0 spiro atoms. The number of aromatic nitrogens is 2. The van der Waals surface area contributed by atoms with Gasteiger partial charge in [-0.2, -0.15) is 13.2 Å². The smallest absolute Gasteiger partial charge is 0.325 e. The molecule has 2 aromatic rings. The first-order valence-electron chi connectivity index (χ1n) is 6.39. The fraction of sp³-hybridized carbons (Fsp3) is 0.286. The predicted octanol–water partition coefficient (Wildman–Crippen LogP) is 4.77. The van der Waals surface area contributed by atoms with Gasteiger partial charge in [-0.3, -0.25) is 0 Å². The van der Waals surface area contributed by atoms with E-state index in [0.29, 0.717) is 16.9 Å². The average Bonchev–Trinajstić information content (AvgIpc) is 3.21. The van der Waals surface area contributed by atoms with Gasteiger partial charge in [-0.15, -0.1) is 0 Å². The number of anilines is 2. The molecule has 0 radical (unpaired) electrons. The van der Waals surface area contributed by atoms with Crippen LogP contribution in [0.5, 0.6) is 0 Å². The molecule has 3 nitrogen and oxygen atoms in total. The summed E-state index contributed by atoms with van der Waals surface area (Å²) in [5.41, 5.74) is 0.286. The molecule has 1 saturated carbocycles. The number of rotatable bonds is 3. The van der Waals surface area contributed by atoms with Crippen LogP contribution in [0.1, 0.15) is 29.9 Å². The lowest BCUT2D eigenvalue weighted by Crippen LogP contribution is -2.06. The lowest BCUT2D eigenvalue weighted by Gasteiger charge is -2.10. The van der Waals surface area contributed by atoms with Crippen LogP contribution >= 0.6 is 11.6 Å². The Hall–Kier alpha value is -1.82. The lowest BCUT2D eigenvalue weighted by atomic mass is 10.2. The minimum atomic E-state index is -4.40. The Morgan fingerprint density at radius 1 is 1.14 bits per heavy atom. The molecule has 3 rings (SSSR count). The Labute approximate surface area is 124 Å². The van der Waals surface area contributed by atoms with Crippen molar-refractivity contribution in [1.29, 1.82) is 0 Å². The molecule has 0 atom stereocenters. The molecule has 0 saturated heterocycles. The second-order valence-corrected chi connectivity index (χ2v) is 5.32. The zero-order valence-corrected chi connectivity index (χ0v) is 11.5. The van der Waals surface area contributed by atoms with Gasteiger partial charge in [-0.1, -0.05) is 11.6 Å². The summed E-state index contributed by atoms with van der Waals surface area (Å²) in [4.78, 5) is 7.94. The fourth-order valence-electron chi connectivity index (χ4n) is 2.04. The SMILES string of the molecule is FC(F)(F)c1ccnc(Nc2cc(C3CC3)cc(Cl)n2)c1. The van der Waals surface area contributed by atoms with Crippen molar-refractivity contribution in [3.63, 3.8) is 0 Å². The highest BCUT2D eigenvalue weighted by Crippen LogP contribution is 2.41. The maximum atomic E-state index is 12.7. The maximum Gasteiger partial charge on any atom is 0.416 e. The van der Waals surface area contributed by atoms with Crippen LogP contribution in [-0.4, -0.2) is 9.97 Å². The third kappa shape index (κ3) is 3.44. The minimum Gasteiger partial charge on any atom is -0.325 e. The van der Waals surface area contributed by atoms with Gasteiger partial charge in [-0.05, 0) is 48.6 Å². The predicted molar refractivity (Wildman–Crippen MR) is 73.7 cm³/mol. The summed E-state index contributed by atoms with van der Waals surface area (Å²) < 4.78 is 38.0. The van der Waals surface area contributed by atoms with Crippen LogP contribution in [0.2, 0.25) is 5.15 Å². The van der Waals surface area contributed by atoms with E-state index < -0.39 is 11.7 Å². The van der Waals surface area contributed by atoms with Crippen molar-refractivity contribution in [1.82, 2.24) is 9.97 Å². The van der Waals surface area contributed by atoms with Gasteiger partial charge in [0, 0.05) is 6.20 Å². The van der Waals surface area contributed by atoms with Crippen molar-refractivity contribution in [2.75, 3.05) is 5.32 Å². The number of halogens is 4. The Morgan fingerprint density at radius 2 is 1.90 bits per heavy atom. The Morgan fingerprint density at radius 3 is 2.57 bits per heavy atom. The van der Waals surface area contributed by atoms with E-state index in [9.17, 15) is 13.2 Å². The summed E-state index contributed by atoms with van der Waals surface area (Å²) in [6, 6.07) is 5.45. The first-order chi connectivity index (χ1) is 9.91. The van der Waals surface area contributed by atoms with E-state index in [1.54, 1.807) is 12.1 Å². The van der Waals surface area contributed by atoms with Crippen molar-refractivity contribution in [3.8, 4) is 0 Å². The summed E-state index contributed by atoms with van der Waals surface area (Å²) in [6.07, 6.45) is -1.10. The highest BCUT2D eigenvalue weighted by molar-refractivity contribution is 6.29. The zero-order chi connectivity index (χ0) is 15.0. The fourth-order valence-corrected chi connectivity index (χ4v) is 2.26. The van der Waals surface area contributed by atoms with Gasteiger partial charge >= 0.3 is 6.18 Å². The Balaban J connectivity index is 1.86. The molecule has 1 fully saturated rings. The molecule has 1 aliphatic carbocycles. The maximum absolute atomic E-state index is 12.7. The van der Waals surface area contributed by atoms with Crippen LogP contribution in [-0.2, 0) is 6.18 Å². The third-order valence-electron chi connectivity index (χ3n) is 3.21. The Kier molecular flexibility index (Phi) is 3.49.